The first-order chi connectivity index (χ1) is 23.3. The third-order valence-electron chi connectivity index (χ3n) is 7.91. The van der Waals surface area contributed by atoms with Crippen LogP contribution >= 0.6 is 11.8 Å². The highest BCUT2D eigenvalue weighted by Gasteiger charge is 2.32. The van der Waals surface area contributed by atoms with Crippen LogP contribution in [0, 0.1) is 0 Å². The molecule has 5 rings (SSSR count). The molecule has 0 radical (unpaired) electrons. The fourth-order valence-electron chi connectivity index (χ4n) is 5.25. The number of nitrogens with one attached hydrogen (secondary N) is 2. The van der Waals surface area contributed by atoms with Crippen molar-refractivity contribution in [2.24, 2.45) is 0 Å². The van der Waals surface area contributed by atoms with Gasteiger partial charge < -0.3 is 36.1 Å². The summed E-state index contributed by atoms with van der Waals surface area (Å²) in [6.45, 7) is -0.0395. The van der Waals surface area contributed by atoms with Gasteiger partial charge in [0.05, 0.1) is 35.8 Å². The van der Waals surface area contributed by atoms with Crippen LogP contribution in [0.4, 0.5) is 17.1 Å². The number of aliphatic hydroxyl groups excluding tert-OH is 1. The predicted molar refractivity (Wildman–Crippen MR) is 186 cm³/mol. The zero-order valence-electron chi connectivity index (χ0n) is 26.3. The molecule has 0 aliphatic carbocycles. The van der Waals surface area contributed by atoms with Crippen LogP contribution in [0.15, 0.2) is 102 Å². The maximum Gasteiger partial charge on any atom is 0.335 e. The number of anilines is 3. The molecular weight excluding hydrogens is 630 g/mol. The number of rotatable bonds is 14. The Balaban J connectivity index is 1.15. The smallest absolute Gasteiger partial charge is 0.335 e. The lowest BCUT2D eigenvalue weighted by atomic mass is 10.0. The Morgan fingerprint density at radius 2 is 1.44 bits per heavy atom. The number of para-hydroxylation sites is 2. The van der Waals surface area contributed by atoms with Crippen molar-refractivity contribution in [3.8, 4) is 0 Å². The highest BCUT2D eigenvalue weighted by Crippen LogP contribution is 2.39. The zero-order valence-corrected chi connectivity index (χ0v) is 27.2. The van der Waals surface area contributed by atoms with Crippen molar-refractivity contribution in [1.29, 1.82) is 0 Å². The molecule has 0 aromatic heterocycles. The summed E-state index contributed by atoms with van der Waals surface area (Å²) in [5.74, 6) is -0.612. The molecule has 1 aliphatic heterocycles. The van der Waals surface area contributed by atoms with Gasteiger partial charge in [-0.15, -0.1) is 11.8 Å². The minimum atomic E-state index is -0.963. The molecule has 4 aromatic rings. The fraction of sp³-hybridized carbons (Fsp3) is 0.270. The number of carboxylic acids is 1. The molecule has 2 amide bonds. The number of aliphatic hydroxyl groups is 1. The number of nitrogen functional groups attached to an aromatic ring is 1. The minimum absolute atomic E-state index is 0.0395. The molecule has 1 saturated heterocycles. The molecule has 0 bridgehead atoms. The Kier molecular flexibility index (Phi) is 12.2. The molecule has 250 valence electrons. The summed E-state index contributed by atoms with van der Waals surface area (Å²) in [5, 5.41) is 24.4. The van der Waals surface area contributed by atoms with E-state index in [4.69, 9.17) is 15.2 Å². The maximum atomic E-state index is 12.6. The van der Waals surface area contributed by atoms with Crippen LogP contribution in [-0.2, 0) is 25.7 Å². The van der Waals surface area contributed by atoms with E-state index in [2.05, 4.69) is 10.6 Å². The SMILES string of the molecule is Nc1ccccc1NC(=O)CCCCC(=O)Nc1ccc(C2OC(CSc3ccc(C(=O)O)cc3)CC(c3ccc(CO)cc3)O2)cc1. The molecule has 0 saturated carbocycles. The standard InChI is InChI=1S/C37H39N3O7S/c38-31-5-1-2-6-32(31)40-35(43)8-4-3-7-34(42)39-28-17-13-27(14-18-28)37-46-29(23-48-30-19-15-26(16-20-30)36(44)45)21-33(47-37)25-11-9-24(22-41)10-12-25/h1-2,5-6,9-20,29,33,37,41H,3-4,7-8,21-23,38H2,(H,39,42)(H,40,43)(H,44,45). The van der Waals surface area contributed by atoms with Gasteiger partial charge in [-0.3, -0.25) is 9.59 Å². The van der Waals surface area contributed by atoms with E-state index in [-0.39, 0.29) is 42.6 Å². The molecule has 0 spiro atoms. The van der Waals surface area contributed by atoms with Gasteiger partial charge in [0.1, 0.15) is 0 Å². The second-order valence-electron chi connectivity index (χ2n) is 11.5. The van der Waals surface area contributed by atoms with Crippen molar-refractivity contribution in [2.45, 2.75) is 62.1 Å². The van der Waals surface area contributed by atoms with E-state index < -0.39 is 12.3 Å². The summed E-state index contributed by atoms with van der Waals surface area (Å²) in [6, 6.07) is 28.9. The lowest BCUT2D eigenvalue weighted by Gasteiger charge is -2.36. The average molecular weight is 670 g/mol. The van der Waals surface area contributed by atoms with Gasteiger partial charge in [0.2, 0.25) is 11.8 Å². The van der Waals surface area contributed by atoms with Crippen LogP contribution in [-0.4, -0.2) is 39.9 Å². The van der Waals surface area contributed by atoms with E-state index in [1.165, 1.54) is 0 Å². The summed E-state index contributed by atoms with van der Waals surface area (Å²) in [5.41, 5.74) is 10.4. The van der Waals surface area contributed by atoms with Crippen molar-refractivity contribution in [2.75, 3.05) is 22.1 Å². The van der Waals surface area contributed by atoms with Gasteiger partial charge >= 0.3 is 5.97 Å². The second-order valence-corrected chi connectivity index (χ2v) is 12.6. The van der Waals surface area contributed by atoms with E-state index >= 15 is 0 Å². The lowest BCUT2D eigenvalue weighted by Crippen LogP contribution is -2.31. The fourth-order valence-corrected chi connectivity index (χ4v) is 6.17. The Labute approximate surface area is 283 Å². The van der Waals surface area contributed by atoms with Crippen molar-refractivity contribution in [3.63, 3.8) is 0 Å². The summed E-state index contributed by atoms with van der Waals surface area (Å²) < 4.78 is 12.8. The predicted octanol–water partition coefficient (Wildman–Crippen LogP) is 6.93. The molecule has 3 atom stereocenters. The molecular formula is C37H39N3O7S. The monoisotopic (exact) mass is 669 g/mol. The number of carboxylic acid groups (broad SMARTS) is 1. The maximum absolute atomic E-state index is 12.6. The van der Waals surface area contributed by atoms with Gasteiger partial charge in [-0.05, 0) is 72.5 Å². The molecule has 10 nitrogen and oxygen atoms in total. The first-order valence-electron chi connectivity index (χ1n) is 15.8. The van der Waals surface area contributed by atoms with Crippen LogP contribution < -0.4 is 16.4 Å². The average Bonchev–Trinajstić information content (AvgIpc) is 3.10. The molecule has 6 N–H and O–H groups in total. The molecule has 3 unspecified atom stereocenters. The Morgan fingerprint density at radius 1 is 0.792 bits per heavy atom. The number of benzene rings is 4. The number of carbonyl (C=O) groups is 3. The second kappa shape index (κ2) is 16.9. The van der Waals surface area contributed by atoms with Crippen molar-refractivity contribution in [1.82, 2.24) is 0 Å². The molecule has 48 heavy (non-hydrogen) atoms. The van der Waals surface area contributed by atoms with E-state index in [9.17, 15) is 24.6 Å². The van der Waals surface area contributed by atoms with Gasteiger partial charge in [-0.1, -0.05) is 48.5 Å². The summed E-state index contributed by atoms with van der Waals surface area (Å²) in [7, 11) is 0. The number of thioether (sulfide) groups is 1. The number of amides is 2. The van der Waals surface area contributed by atoms with Gasteiger partial charge in [0, 0.05) is 41.2 Å². The third kappa shape index (κ3) is 9.91. The number of aromatic carboxylic acids is 1. The molecule has 1 heterocycles. The van der Waals surface area contributed by atoms with Gasteiger partial charge in [0.25, 0.3) is 0 Å². The Bertz CT molecular complexity index is 1680. The van der Waals surface area contributed by atoms with Crippen molar-refractivity contribution < 1.29 is 34.1 Å². The minimum Gasteiger partial charge on any atom is -0.478 e. The highest BCUT2D eigenvalue weighted by atomic mass is 32.2. The summed E-state index contributed by atoms with van der Waals surface area (Å²) in [6.07, 6.45) is 1.26. The molecule has 1 aliphatic rings. The van der Waals surface area contributed by atoms with Crippen LogP contribution in [0.1, 0.15) is 71.5 Å². The van der Waals surface area contributed by atoms with Gasteiger partial charge in [-0.2, -0.15) is 0 Å². The van der Waals surface area contributed by atoms with Crippen LogP contribution in [0.3, 0.4) is 0 Å². The van der Waals surface area contributed by atoms with Crippen LogP contribution in [0.2, 0.25) is 0 Å². The van der Waals surface area contributed by atoms with Gasteiger partial charge in [0.15, 0.2) is 6.29 Å². The molecule has 4 aromatic carbocycles. The van der Waals surface area contributed by atoms with E-state index in [1.807, 2.05) is 48.5 Å². The number of hydrogen-bond donors (Lipinski definition) is 5. The highest BCUT2D eigenvalue weighted by molar-refractivity contribution is 7.99. The van der Waals surface area contributed by atoms with Crippen LogP contribution in [0.25, 0.3) is 0 Å². The quantitative estimate of drug-likeness (QED) is 0.0545. The number of nitrogens with two attached hydrogens (primary N) is 1. The van der Waals surface area contributed by atoms with E-state index in [0.29, 0.717) is 48.5 Å². The van der Waals surface area contributed by atoms with Crippen molar-refractivity contribution >= 4 is 46.6 Å². The summed E-state index contributed by atoms with van der Waals surface area (Å²) >= 11 is 1.59. The number of unbranched alkanes of at least 4 members (excludes halogenated alkanes) is 1. The number of carbonyl (C=O) groups excluding carboxylic acids is 2. The van der Waals surface area contributed by atoms with E-state index in [0.717, 1.165) is 21.6 Å². The molecule has 11 heteroatoms. The normalized spacial score (nSPS) is 17.4. The molecule has 1 fully saturated rings. The Morgan fingerprint density at radius 3 is 2.08 bits per heavy atom. The third-order valence-corrected chi connectivity index (χ3v) is 9.06. The topological polar surface area (TPSA) is 160 Å². The first-order valence-corrected chi connectivity index (χ1v) is 16.8. The largest absolute Gasteiger partial charge is 0.478 e. The Hall–Kier alpha value is -4.68. The van der Waals surface area contributed by atoms with E-state index in [1.54, 1.807) is 60.3 Å². The first kappa shape index (κ1) is 34.6. The zero-order chi connectivity index (χ0) is 33.9. The van der Waals surface area contributed by atoms with Gasteiger partial charge in [-0.25, -0.2) is 4.79 Å². The van der Waals surface area contributed by atoms with Crippen LogP contribution in [0.5, 0.6) is 0 Å². The van der Waals surface area contributed by atoms with Crippen molar-refractivity contribution in [3.05, 3.63) is 119 Å². The number of ether oxygens (including phenoxy) is 2. The number of hydrogen-bond acceptors (Lipinski definition) is 8. The lowest BCUT2D eigenvalue weighted by molar-refractivity contribution is -0.245. The summed E-state index contributed by atoms with van der Waals surface area (Å²) in [4.78, 5) is 37.0.